The van der Waals surface area contributed by atoms with Gasteiger partial charge in [-0.2, -0.15) is 18.3 Å². The molecule has 0 spiro atoms. The lowest BCUT2D eigenvalue weighted by atomic mass is 10.0. The second kappa shape index (κ2) is 8.68. The van der Waals surface area contributed by atoms with Crippen molar-refractivity contribution in [1.29, 1.82) is 0 Å². The van der Waals surface area contributed by atoms with Gasteiger partial charge in [-0.05, 0) is 24.6 Å². The van der Waals surface area contributed by atoms with Gasteiger partial charge in [0.05, 0.1) is 34.6 Å². The molecule has 0 aliphatic carbocycles. The number of ether oxygens (including phenoxy) is 1. The van der Waals surface area contributed by atoms with Gasteiger partial charge in [-0.15, -0.1) is 0 Å². The Morgan fingerprint density at radius 1 is 1.23 bits per heavy atom. The van der Waals surface area contributed by atoms with Gasteiger partial charge < -0.3 is 10.1 Å². The Hall–Kier alpha value is -3.54. The molecule has 31 heavy (non-hydrogen) atoms. The molecule has 0 saturated heterocycles. The van der Waals surface area contributed by atoms with E-state index < -0.39 is 34.9 Å². The highest BCUT2D eigenvalue weighted by atomic mass is 35.5. The van der Waals surface area contributed by atoms with Gasteiger partial charge in [0.1, 0.15) is 5.82 Å². The number of nitrogens with one attached hydrogen (secondary N) is 4. The van der Waals surface area contributed by atoms with Gasteiger partial charge in [-0.3, -0.25) is 15.7 Å². The zero-order valence-corrected chi connectivity index (χ0v) is 16.9. The summed E-state index contributed by atoms with van der Waals surface area (Å²) in [6.07, 6.45) is -3.95. The van der Waals surface area contributed by atoms with Crippen molar-refractivity contribution in [2.75, 3.05) is 17.7 Å². The second-order valence-electron chi connectivity index (χ2n) is 6.36. The molecule has 0 aliphatic rings. The van der Waals surface area contributed by atoms with Gasteiger partial charge in [0, 0.05) is 12.3 Å². The van der Waals surface area contributed by atoms with Gasteiger partial charge in [-0.1, -0.05) is 17.7 Å². The molecule has 164 valence electrons. The van der Waals surface area contributed by atoms with E-state index >= 15 is 0 Å². The van der Waals surface area contributed by atoms with Crippen LogP contribution in [0, 0.1) is 0 Å². The lowest BCUT2D eigenvalue weighted by Crippen LogP contribution is -2.31. The van der Waals surface area contributed by atoms with Crippen molar-refractivity contribution in [3.63, 3.8) is 0 Å². The van der Waals surface area contributed by atoms with Crippen molar-refractivity contribution in [2.45, 2.75) is 19.1 Å². The maximum Gasteiger partial charge on any atom is 0.417 e. The molecule has 2 heterocycles. The summed E-state index contributed by atoms with van der Waals surface area (Å²) >= 11 is 5.62. The molecular formula is C18H16ClF3N6O3. The van der Waals surface area contributed by atoms with Gasteiger partial charge in [0.25, 0.3) is 0 Å². The number of alkyl halides is 3. The Balaban J connectivity index is 1.69. The van der Waals surface area contributed by atoms with Gasteiger partial charge >= 0.3 is 18.3 Å². The number of carbonyl (C=O) groups is 2. The average molecular weight is 457 g/mol. The average Bonchev–Trinajstić information content (AvgIpc) is 3.09. The summed E-state index contributed by atoms with van der Waals surface area (Å²) in [4.78, 5) is 27.6. The minimum Gasteiger partial charge on any atom is -0.453 e. The maximum atomic E-state index is 13.0. The first-order valence-electron chi connectivity index (χ1n) is 8.71. The number of methoxy groups -OCH3 is 1. The van der Waals surface area contributed by atoms with Crippen LogP contribution < -0.4 is 16.0 Å². The SMILES string of the molecule is COC(=O)Nc1n[nH]c2cc(NC(=O)N[C@H](C)c3ccc(Cl)c(C(F)(F)F)c3)ncc12. The zero-order chi connectivity index (χ0) is 22.8. The number of carbonyl (C=O) groups excluding carboxylic acids is 2. The standard InChI is InChI=1S/C18H16ClF3N6O3/c1-8(9-3-4-12(19)11(5-9)18(20,21)22)24-16(29)25-14-6-13-10(7-23-14)15(28-27-13)26-17(30)31-2/h3-8H,1-2H3,(H2,23,24,25,29)(H2,26,27,28,30)/t8-/m1/s1. The number of hydrogen-bond donors (Lipinski definition) is 4. The van der Waals surface area contributed by atoms with Crippen LogP contribution in [0.15, 0.2) is 30.5 Å². The molecule has 13 heteroatoms. The molecule has 1 atom stereocenters. The fourth-order valence-electron chi connectivity index (χ4n) is 2.69. The highest BCUT2D eigenvalue weighted by Gasteiger charge is 2.33. The van der Waals surface area contributed by atoms with E-state index in [1.165, 1.54) is 32.4 Å². The number of hydrogen-bond acceptors (Lipinski definition) is 5. The molecular weight excluding hydrogens is 441 g/mol. The molecule has 0 radical (unpaired) electrons. The van der Waals surface area contributed by atoms with E-state index in [2.05, 4.69) is 35.9 Å². The lowest BCUT2D eigenvalue weighted by Gasteiger charge is -2.17. The van der Waals surface area contributed by atoms with Crippen molar-refractivity contribution < 1.29 is 27.5 Å². The molecule has 1 aromatic carbocycles. The van der Waals surface area contributed by atoms with Crippen LogP contribution in [0.2, 0.25) is 5.02 Å². The molecule has 0 aliphatic heterocycles. The summed E-state index contributed by atoms with van der Waals surface area (Å²) in [5, 5.41) is 14.1. The lowest BCUT2D eigenvalue weighted by molar-refractivity contribution is -0.137. The van der Waals surface area contributed by atoms with Gasteiger partial charge in [0.2, 0.25) is 0 Å². The number of anilines is 2. The molecule has 2 aromatic heterocycles. The van der Waals surface area contributed by atoms with Crippen molar-refractivity contribution >= 4 is 46.3 Å². The summed E-state index contributed by atoms with van der Waals surface area (Å²) in [6.45, 7) is 1.53. The number of urea groups is 1. The summed E-state index contributed by atoms with van der Waals surface area (Å²) in [5.41, 5.74) is -0.289. The third kappa shape index (κ3) is 5.15. The summed E-state index contributed by atoms with van der Waals surface area (Å²) in [7, 11) is 1.21. The number of aromatic amines is 1. The third-order valence-electron chi connectivity index (χ3n) is 4.24. The molecule has 3 aromatic rings. The fraction of sp³-hybridized carbons (Fsp3) is 0.222. The number of H-pyrrole nitrogens is 1. The van der Waals surface area contributed by atoms with E-state index in [1.54, 1.807) is 0 Å². The highest BCUT2D eigenvalue weighted by Crippen LogP contribution is 2.36. The van der Waals surface area contributed by atoms with E-state index in [0.717, 1.165) is 12.1 Å². The molecule has 4 N–H and O–H groups in total. The Kier molecular flexibility index (Phi) is 6.20. The van der Waals surface area contributed by atoms with Crippen LogP contribution in [0.5, 0.6) is 0 Å². The van der Waals surface area contributed by atoms with Crippen molar-refractivity contribution in [3.8, 4) is 0 Å². The summed E-state index contributed by atoms with van der Waals surface area (Å²) < 4.78 is 43.6. The quantitative estimate of drug-likeness (QED) is 0.454. The van der Waals surface area contributed by atoms with E-state index in [1.807, 2.05) is 0 Å². The molecule has 3 amide bonds. The van der Waals surface area contributed by atoms with Crippen LogP contribution in [0.25, 0.3) is 10.9 Å². The highest BCUT2D eigenvalue weighted by molar-refractivity contribution is 6.31. The first-order valence-corrected chi connectivity index (χ1v) is 9.09. The minimum absolute atomic E-state index is 0.151. The first kappa shape index (κ1) is 22.2. The van der Waals surface area contributed by atoms with Gasteiger partial charge in [-0.25, -0.2) is 14.6 Å². The predicted octanol–water partition coefficient (Wildman–Crippen LogP) is 4.69. The first-order chi connectivity index (χ1) is 14.6. The van der Waals surface area contributed by atoms with Crippen LogP contribution in [-0.2, 0) is 10.9 Å². The Bertz CT molecular complexity index is 1130. The van der Waals surface area contributed by atoms with Crippen molar-refractivity contribution in [3.05, 3.63) is 46.6 Å². The monoisotopic (exact) mass is 456 g/mol. The van der Waals surface area contributed by atoms with Crippen LogP contribution >= 0.6 is 11.6 Å². The minimum atomic E-state index is -4.61. The zero-order valence-electron chi connectivity index (χ0n) is 16.1. The molecule has 3 rings (SSSR count). The maximum absolute atomic E-state index is 13.0. The molecule has 0 saturated carbocycles. The van der Waals surface area contributed by atoms with Crippen LogP contribution in [-0.4, -0.2) is 34.4 Å². The summed E-state index contributed by atoms with van der Waals surface area (Å²) in [5.74, 6) is 0.347. The predicted molar refractivity (Wildman–Crippen MR) is 107 cm³/mol. The topological polar surface area (TPSA) is 121 Å². The smallest absolute Gasteiger partial charge is 0.417 e. The van der Waals surface area contributed by atoms with E-state index in [0.29, 0.717) is 10.9 Å². The summed E-state index contributed by atoms with van der Waals surface area (Å²) in [6, 6.07) is 3.45. The number of halogens is 4. The number of aromatic nitrogens is 3. The van der Waals surface area contributed by atoms with Crippen LogP contribution in [0.4, 0.5) is 34.4 Å². The van der Waals surface area contributed by atoms with E-state index in [9.17, 15) is 22.8 Å². The van der Waals surface area contributed by atoms with Crippen molar-refractivity contribution in [2.24, 2.45) is 0 Å². The second-order valence-corrected chi connectivity index (χ2v) is 6.77. The molecule has 9 nitrogen and oxygen atoms in total. The number of pyridine rings is 1. The number of nitrogens with zero attached hydrogens (tertiary/aromatic N) is 2. The number of benzene rings is 1. The van der Waals surface area contributed by atoms with E-state index in [4.69, 9.17) is 11.6 Å². The fourth-order valence-corrected chi connectivity index (χ4v) is 2.91. The van der Waals surface area contributed by atoms with Crippen LogP contribution in [0.1, 0.15) is 24.1 Å². The molecule has 0 unspecified atom stereocenters. The number of amides is 3. The Labute approximate surface area is 178 Å². The largest absolute Gasteiger partial charge is 0.453 e. The Morgan fingerprint density at radius 2 is 1.97 bits per heavy atom. The number of fused-ring (bicyclic) bond motifs is 1. The Morgan fingerprint density at radius 3 is 2.65 bits per heavy atom. The van der Waals surface area contributed by atoms with Gasteiger partial charge in [0.15, 0.2) is 5.82 Å². The third-order valence-corrected chi connectivity index (χ3v) is 4.57. The molecule has 0 bridgehead atoms. The van der Waals surface area contributed by atoms with E-state index in [-0.39, 0.29) is 17.2 Å². The normalized spacial score (nSPS) is 12.3. The number of rotatable bonds is 4. The van der Waals surface area contributed by atoms with Crippen LogP contribution in [0.3, 0.4) is 0 Å². The van der Waals surface area contributed by atoms with Crippen molar-refractivity contribution in [1.82, 2.24) is 20.5 Å². The molecule has 0 fully saturated rings.